The Morgan fingerprint density at radius 2 is 1.75 bits per heavy atom. The van der Waals surface area contributed by atoms with Gasteiger partial charge in [0.15, 0.2) is 5.60 Å². The molecular weight excluding hydrogens is 378 g/mol. The SMILES string of the molecule is CC(C)(Oc1ccc(CCCNC(=O)C=Cc2ccc(Cl)cc2)cc1)C(=O)O. The average Bonchev–Trinajstić information content (AvgIpc) is 2.65. The number of aliphatic carboxylic acids is 1. The molecule has 0 saturated heterocycles. The maximum Gasteiger partial charge on any atom is 0.347 e. The Morgan fingerprint density at radius 3 is 2.36 bits per heavy atom. The van der Waals surface area contributed by atoms with Crippen LogP contribution in [0.3, 0.4) is 0 Å². The molecule has 2 N–H and O–H groups in total. The molecule has 0 radical (unpaired) electrons. The number of amides is 1. The summed E-state index contributed by atoms with van der Waals surface area (Å²) in [4.78, 5) is 22.9. The summed E-state index contributed by atoms with van der Waals surface area (Å²) in [6.45, 7) is 3.58. The van der Waals surface area contributed by atoms with Crippen LogP contribution in [-0.4, -0.2) is 29.1 Å². The van der Waals surface area contributed by atoms with Gasteiger partial charge in [0, 0.05) is 17.6 Å². The number of hydrogen-bond acceptors (Lipinski definition) is 3. The summed E-state index contributed by atoms with van der Waals surface area (Å²) >= 11 is 5.82. The van der Waals surface area contributed by atoms with Crippen molar-refractivity contribution in [2.24, 2.45) is 0 Å². The minimum Gasteiger partial charge on any atom is -0.478 e. The van der Waals surface area contributed by atoms with Gasteiger partial charge in [0.05, 0.1) is 0 Å². The largest absolute Gasteiger partial charge is 0.478 e. The Morgan fingerprint density at radius 1 is 1.11 bits per heavy atom. The molecule has 0 aliphatic carbocycles. The van der Waals surface area contributed by atoms with Gasteiger partial charge in [-0.15, -0.1) is 0 Å². The summed E-state index contributed by atoms with van der Waals surface area (Å²) in [6, 6.07) is 14.6. The summed E-state index contributed by atoms with van der Waals surface area (Å²) in [5, 5.41) is 12.6. The fourth-order valence-electron chi connectivity index (χ4n) is 2.37. The quantitative estimate of drug-likeness (QED) is 0.484. The van der Waals surface area contributed by atoms with Crippen molar-refractivity contribution < 1.29 is 19.4 Å². The molecule has 0 atom stereocenters. The monoisotopic (exact) mass is 401 g/mol. The number of ether oxygens (including phenoxy) is 1. The molecule has 28 heavy (non-hydrogen) atoms. The number of rotatable bonds is 9. The first-order valence-electron chi connectivity index (χ1n) is 8.99. The van der Waals surface area contributed by atoms with Crippen molar-refractivity contribution in [3.8, 4) is 5.75 Å². The Bertz CT molecular complexity index is 827. The second kappa shape index (κ2) is 9.95. The molecule has 0 heterocycles. The first kappa shape index (κ1) is 21.5. The van der Waals surface area contributed by atoms with Crippen LogP contribution >= 0.6 is 11.6 Å². The van der Waals surface area contributed by atoms with E-state index >= 15 is 0 Å². The smallest absolute Gasteiger partial charge is 0.347 e. The van der Waals surface area contributed by atoms with E-state index in [0.29, 0.717) is 17.3 Å². The highest BCUT2D eigenvalue weighted by Gasteiger charge is 2.29. The number of hydrogen-bond donors (Lipinski definition) is 2. The third-order valence-corrected chi connectivity index (χ3v) is 4.30. The number of benzene rings is 2. The van der Waals surface area contributed by atoms with E-state index in [4.69, 9.17) is 21.4 Å². The van der Waals surface area contributed by atoms with E-state index in [1.807, 2.05) is 24.3 Å². The van der Waals surface area contributed by atoms with E-state index in [0.717, 1.165) is 24.0 Å². The van der Waals surface area contributed by atoms with Crippen LogP contribution in [0.25, 0.3) is 6.08 Å². The lowest BCUT2D eigenvalue weighted by Gasteiger charge is -2.21. The van der Waals surface area contributed by atoms with E-state index in [1.165, 1.54) is 19.9 Å². The molecule has 5 nitrogen and oxygen atoms in total. The Balaban J connectivity index is 1.72. The van der Waals surface area contributed by atoms with E-state index < -0.39 is 11.6 Å². The van der Waals surface area contributed by atoms with E-state index in [2.05, 4.69) is 5.32 Å². The fourth-order valence-corrected chi connectivity index (χ4v) is 2.50. The van der Waals surface area contributed by atoms with Crippen molar-refractivity contribution in [3.63, 3.8) is 0 Å². The second-order valence-corrected chi connectivity index (χ2v) is 7.28. The summed E-state index contributed by atoms with van der Waals surface area (Å²) in [5.41, 5.74) is 0.727. The standard InChI is InChI=1S/C22H24ClNO4/c1-22(2,21(26)27)28-19-12-7-16(8-13-19)4-3-15-24-20(25)14-9-17-5-10-18(23)11-6-17/h5-14H,3-4,15H2,1-2H3,(H,24,25)(H,26,27). The van der Waals surface area contributed by atoms with Crippen molar-refractivity contribution in [1.29, 1.82) is 0 Å². The number of carbonyl (C=O) groups excluding carboxylic acids is 1. The lowest BCUT2D eigenvalue weighted by molar-refractivity contribution is -0.152. The summed E-state index contributed by atoms with van der Waals surface area (Å²) in [5.74, 6) is -0.649. The fraction of sp³-hybridized carbons (Fsp3) is 0.273. The highest BCUT2D eigenvalue weighted by molar-refractivity contribution is 6.30. The Hall–Kier alpha value is -2.79. The number of aryl methyl sites for hydroxylation is 1. The maximum absolute atomic E-state index is 11.8. The van der Waals surface area contributed by atoms with Gasteiger partial charge < -0.3 is 15.2 Å². The van der Waals surface area contributed by atoms with Gasteiger partial charge in [0.1, 0.15) is 5.75 Å². The van der Waals surface area contributed by atoms with Crippen molar-refractivity contribution in [1.82, 2.24) is 5.32 Å². The van der Waals surface area contributed by atoms with Crippen LogP contribution in [0.1, 0.15) is 31.4 Å². The summed E-state index contributed by atoms with van der Waals surface area (Å²) < 4.78 is 5.47. The first-order chi connectivity index (χ1) is 13.3. The highest BCUT2D eigenvalue weighted by Crippen LogP contribution is 2.19. The van der Waals surface area contributed by atoms with E-state index in [-0.39, 0.29) is 5.91 Å². The van der Waals surface area contributed by atoms with Crippen LogP contribution in [-0.2, 0) is 16.0 Å². The molecule has 0 unspecified atom stereocenters. The first-order valence-corrected chi connectivity index (χ1v) is 9.37. The molecule has 0 aromatic heterocycles. The van der Waals surface area contributed by atoms with Gasteiger partial charge in [-0.3, -0.25) is 4.79 Å². The number of halogens is 1. The molecule has 0 spiro atoms. The zero-order chi connectivity index (χ0) is 20.6. The summed E-state index contributed by atoms with van der Waals surface area (Å²) in [7, 11) is 0. The van der Waals surface area contributed by atoms with Gasteiger partial charge in [-0.1, -0.05) is 35.9 Å². The Labute approximate surface area is 170 Å². The van der Waals surface area contributed by atoms with Crippen LogP contribution in [0.4, 0.5) is 0 Å². The van der Waals surface area contributed by atoms with Crippen LogP contribution in [0.15, 0.2) is 54.6 Å². The third kappa shape index (κ3) is 7.08. The molecule has 1 amide bonds. The zero-order valence-electron chi connectivity index (χ0n) is 15.9. The molecule has 2 aromatic rings. The highest BCUT2D eigenvalue weighted by atomic mass is 35.5. The molecule has 0 fully saturated rings. The molecule has 0 aliphatic rings. The predicted molar refractivity (Wildman–Crippen MR) is 111 cm³/mol. The molecule has 2 aromatic carbocycles. The third-order valence-electron chi connectivity index (χ3n) is 4.05. The van der Waals surface area contributed by atoms with Gasteiger partial charge in [0.25, 0.3) is 0 Å². The molecule has 148 valence electrons. The number of nitrogens with one attached hydrogen (secondary N) is 1. The van der Waals surface area contributed by atoms with Gasteiger partial charge in [-0.05, 0) is 68.2 Å². The summed E-state index contributed by atoms with van der Waals surface area (Å²) in [6.07, 6.45) is 4.83. The normalized spacial score (nSPS) is 11.4. The molecule has 0 saturated carbocycles. The second-order valence-electron chi connectivity index (χ2n) is 6.84. The van der Waals surface area contributed by atoms with E-state index in [9.17, 15) is 9.59 Å². The van der Waals surface area contributed by atoms with Crippen molar-refractivity contribution in [2.45, 2.75) is 32.3 Å². The van der Waals surface area contributed by atoms with Crippen LogP contribution in [0.5, 0.6) is 5.75 Å². The molecule has 0 aliphatic heterocycles. The molecule has 6 heteroatoms. The number of carboxylic acid groups (broad SMARTS) is 1. The molecular formula is C22H24ClNO4. The van der Waals surface area contributed by atoms with Crippen molar-refractivity contribution >= 4 is 29.6 Å². The minimum absolute atomic E-state index is 0.144. The van der Waals surface area contributed by atoms with Gasteiger partial charge in [0.2, 0.25) is 5.91 Å². The predicted octanol–water partition coefficient (Wildman–Crippen LogP) is 4.34. The number of carbonyl (C=O) groups is 2. The van der Waals surface area contributed by atoms with E-state index in [1.54, 1.807) is 30.3 Å². The van der Waals surface area contributed by atoms with Crippen molar-refractivity contribution in [2.75, 3.05) is 6.54 Å². The Kier molecular flexibility index (Phi) is 7.64. The van der Waals surface area contributed by atoms with Gasteiger partial charge >= 0.3 is 5.97 Å². The molecule has 2 rings (SSSR count). The topological polar surface area (TPSA) is 75.6 Å². The van der Waals surface area contributed by atoms with Crippen LogP contribution < -0.4 is 10.1 Å². The minimum atomic E-state index is -1.27. The van der Waals surface area contributed by atoms with Crippen molar-refractivity contribution in [3.05, 3.63) is 70.8 Å². The zero-order valence-corrected chi connectivity index (χ0v) is 16.7. The van der Waals surface area contributed by atoms with Gasteiger partial charge in [-0.2, -0.15) is 0 Å². The lowest BCUT2D eigenvalue weighted by atomic mass is 10.1. The lowest BCUT2D eigenvalue weighted by Crippen LogP contribution is -2.37. The maximum atomic E-state index is 11.8. The van der Waals surface area contributed by atoms with Gasteiger partial charge in [-0.25, -0.2) is 4.79 Å². The van der Waals surface area contributed by atoms with Crippen LogP contribution in [0.2, 0.25) is 5.02 Å². The van der Waals surface area contributed by atoms with Crippen LogP contribution in [0, 0.1) is 0 Å². The molecule has 0 bridgehead atoms. The number of carboxylic acids is 1. The average molecular weight is 402 g/mol.